The third kappa shape index (κ3) is 3.07. The molecule has 0 aliphatic carbocycles. The molecule has 3 aromatic rings. The van der Waals surface area contributed by atoms with Crippen LogP contribution in [0.3, 0.4) is 0 Å². The van der Waals surface area contributed by atoms with E-state index in [1.54, 1.807) is 24.1 Å². The topological polar surface area (TPSA) is 71.6 Å². The number of hydrogen-bond acceptors (Lipinski definition) is 4. The number of piperidine rings is 1. The largest absolute Gasteiger partial charge is 0.497 e. The van der Waals surface area contributed by atoms with Gasteiger partial charge in [0.25, 0.3) is 0 Å². The van der Waals surface area contributed by atoms with Gasteiger partial charge in [-0.15, -0.1) is 0 Å². The zero-order valence-corrected chi connectivity index (χ0v) is 17.4. The number of halogens is 1. The van der Waals surface area contributed by atoms with Crippen molar-refractivity contribution in [3.63, 3.8) is 0 Å². The first-order valence-electron chi connectivity index (χ1n) is 10.3. The molecule has 1 aromatic heterocycles. The van der Waals surface area contributed by atoms with E-state index in [9.17, 15) is 14.0 Å². The summed E-state index contributed by atoms with van der Waals surface area (Å²) in [5.41, 5.74) is 3.93. The lowest BCUT2D eigenvalue weighted by molar-refractivity contribution is -0.160. The maximum atomic E-state index is 13.5. The number of H-pyrrole nitrogens is 1. The van der Waals surface area contributed by atoms with Crippen LogP contribution < -0.4 is 4.74 Å². The molecule has 1 amide bonds. The first-order chi connectivity index (χ1) is 15.0. The van der Waals surface area contributed by atoms with Crippen molar-refractivity contribution >= 4 is 22.8 Å². The molecule has 0 radical (unpaired) electrons. The highest BCUT2D eigenvalue weighted by Crippen LogP contribution is 2.47. The molecule has 31 heavy (non-hydrogen) atoms. The zero-order valence-electron chi connectivity index (χ0n) is 17.4. The normalized spacial score (nSPS) is 22.7. The van der Waals surface area contributed by atoms with Crippen LogP contribution in [0.2, 0.25) is 0 Å². The molecular weight excluding hydrogens is 399 g/mol. The number of nitrogens with one attached hydrogen (secondary N) is 1. The molecule has 2 aromatic carbocycles. The van der Waals surface area contributed by atoms with E-state index in [1.165, 1.54) is 24.8 Å². The van der Waals surface area contributed by atoms with Crippen LogP contribution in [-0.2, 0) is 20.7 Å². The summed E-state index contributed by atoms with van der Waals surface area (Å²) in [6, 6.07) is 11.7. The van der Waals surface area contributed by atoms with Crippen LogP contribution in [0.4, 0.5) is 4.39 Å². The Kier molecular flexibility index (Phi) is 4.68. The number of aromatic nitrogens is 1. The van der Waals surface area contributed by atoms with Crippen molar-refractivity contribution in [2.45, 2.75) is 24.8 Å². The second-order valence-electron chi connectivity index (χ2n) is 8.12. The zero-order chi connectivity index (χ0) is 21.7. The van der Waals surface area contributed by atoms with Gasteiger partial charge < -0.3 is 19.4 Å². The Morgan fingerprint density at radius 3 is 2.65 bits per heavy atom. The molecule has 3 atom stereocenters. The van der Waals surface area contributed by atoms with Crippen LogP contribution in [0.1, 0.15) is 35.2 Å². The number of hydrogen-bond donors (Lipinski definition) is 1. The molecule has 0 spiro atoms. The van der Waals surface area contributed by atoms with Crippen molar-refractivity contribution in [2.24, 2.45) is 5.92 Å². The van der Waals surface area contributed by atoms with Crippen LogP contribution >= 0.6 is 0 Å². The highest BCUT2D eigenvalue weighted by molar-refractivity contribution is 6.00. The fourth-order valence-corrected chi connectivity index (χ4v) is 5.14. The third-order valence-corrected chi connectivity index (χ3v) is 6.64. The Bertz CT molecular complexity index is 1170. The fourth-order valence-electron chi connectivity index (χ4n) is 5.14. The lowest BCUT2D eigenvalue weighted by atomic mass is 9.74. The summed E-state index contributed by atoms with van der Waals surface area (Å²) in [6.45, 7) is 0.532. The van der Waals surface area contributed by atoms with E-state index in [-0.39, 0.29) is 17.8 Å². The van der Waals surface area contributed by atoms with Gasteiger partial charge in [0.05, 0.1) is 20.3 Å². The van der Waals surface area contributed by atoms with Gasteiger partial charge in [0.1, 0.15) is 17.5 Å². The van der Waals surface area contributed by atoms with E-state index in [1.807, 2.05) is 18.2 Å². The van der Waals surface area contributed by atoms with Crippen molar-refractivity contribution in [1.82, 2.24) is 9.88 Å². The molecule has 1 N–H and O–H groups in total. The summed E-state index contributed by atoms with van der Waals surface area (Å²) in [5, 5.41) is 1.09. The minimum Gasteiger partial charge on any atom is -0.497 e. The van der Waals surface area contributed by atoms with Crippen molar-refractivity contribution in [2.75, 3.05) is 20.8 Å². The number of methoxy groups -OCH3 is 2. The number of amides is 1. The molecule has 0 unspecified atom stereocenters. The van der Waals surface area contributed by atoms with Gasteiger partial charge in [0, 0.05) is 29.1 Å². The monoisotopic (exact) mass is 422 g/mol. The van der Waals surface area contributed by atoms with Gasteiger partial charge in [-0.3, -0.25) is 9.59 Å². The van der Waals surface area contributed by atoms with Gasteiger partial charge in [0.2, 0.25) is 5.91 Å². The highest BCUT2D eigenvalue weighted by Gasteiger charge is 2.49. The van der Waals surface area contributed by atoms with Crippen molar-refractivity contribution in [3.8, 4) is 5.75 Å². The Morgan fingerprint density at radius 2 is 1.94 bits per heavy atom. The molecule has 1 fully saturated rings. The molecule has 6 nitrogen and oxygen atoms in total. The lowest BCUT2D eigenvalue weighted by Crippen LogP contribution is -2.51. The lowest BCUT2D eigenvalue weighted by Gasteiger charge is -2.45. The van der Waals surface area contributed by atoms with Gasteiger partial charge in [-0.05, 0) is 54.3 Å². The van der Waals surface area contributed by atoms with E-state index < -0.39 is 17.8 Å². The molecule has 5 rings (SSSR count). The van der Waals surface area contributed by atoms with Crippen LogP contribution in [0.15, 0.2) is 42.5 Å². The van der Waals surface area contributed by atoms with Crippen LogP contribution in [0.5, 0.6) is 5.75 Å². The van der Waals surface area contributed by atoms with Gasteiger partial charge in [0.15, 0.2) is 0 Å². The molecule has 7 heteroatoms. The first kappa shape index (κ1) is 19.6. The minimum absolute atomic E-state index is 0.189. The van der Waals surface area contributed by atoms with Crippen LogP contribution in [0, 0.1) is 11.7 Å². The van der Waals surface area contributed by atoms with Gasteiger partial charge in [-0.2, -0.15) is 0 Å². The molecule has 2 aliphatic heterocycles. The van der Waals surface area contributed by atoms with Crippen molar-refractivity contribution in [3.05, 3.63) is 65.1 Å². The second kappa shape index (κ2) is 7.41. The molecule has 1 saturated heterocycles. The average molecular weight is 422 g/mol. The Labute approximate surface area is 178 Å². The van der Waals surface area contributed by atoms with Gasteiger partial charge in [-0.25, -0.2) is 4.39 Å². The van der Waals surface area contributed by atoms with Crippen molar-refractivity contribution in [1.29, 1.82) is 0 Å². The number of rotatable bonds is 3. The quantitative estimate of drug-likeness (QED) is 0.516. The number of esters is 1. The SMILES string of the molecule is COC(=O)[C@@H]1C(=O)N2CCc3c([nH]c4ccc(OC)cc34)[C@H]2C[C@H]1c1ccc(F)cc1. The van der Waals surface area contributed by atoms with E-state index in [0.717, 1.165) is 27.9 Å². The summed E-state index contributed by atoms with van der Waals surface area (Å²) in [5.74, 6) is -1.69. The van der Waals surface area contributed by atoms with Gasteiger partial charge in [-0.1, -0.05) is 12.1 Å². The number of carbonyl (C=O) groups excluding carboxylic acids is 2. The maximum Gasteiger partial charge on any atom is 0.318 e. The Morgan fingerprint density at radius 1 is 1.16 bits per heavy atom. The summed E-state index contributed by atoms with van der Waals surface area (Å²) >= 11 is 0. The molecule has 160 valence electrons. The molecule has 0 bridgehead atoms. The minimum atomic E-state index is -0.933. The average Bonchev–Trinajstić information content (AvgIpc) is 3.17. The number of nitrogens with zero attached hydrogens (tertiary/aromatic N) is 1. The maximum absolute atomic E-state index is 13.5. The number of carbonyl (C=O) groups is 2. The Balaban J connectivity index is 1.60. The number of aromatic amines is 1. The molecule has 2 aliphatic rings. The number of fused-ring (bicyclic) bond motifs is 5. The predicted molar refractivity (Wildman–Crippen MR) is 112 cm³/mol. The van der Waals surface area contributed by atoms with Crippen molar-refractivity contribution < 1.29 is 23.5 Å². The van der Waals surface area contributed by atoms with E-state index >= 15 is 0 Å². The van der Waals surface area contributed by atoms with E-state index in [4.69, 9.17) is 9.47 Å². The predicted octanol–water partition coefficient (Wildman–Crippen LogP) is 3.72. The van der Waals surface area contributed by atoms with E-state index in [0.29, 0.717) is 19.4 Å². The molecule has 0 saturated carbocycles. The highest BCUT2D eigenvalue weighted by atomic mass is 19.1. The van der Waals surface area contributed by atoms with Gasteiger partial charge >= 0.3 is 5.97 Å². The first-order valence-corrected chi connectivity index (χ1v) is 10.3. The molecule has 3 heterocycles. The standard InChI is InChI=1S/C24H23FN2O4/c1-30-15-7-8-19-18(11-15)16-9-10-27-20(22(16)26-19)12-17(13-3-5-14(25)6-4-13)21(23(27)28)24(29)31-2/h3-8,11,17,20-21,26H,9-10,12H2,1-2H3/t17-,20+,21-/m0/s1. The third-order valence-electron chi connectivity index (χ3n) is 6.64. The summed E-state index contributed by atoms with van der Waals surface area (Å²) in [7, 11) is 2.94. The molecular formula is C24H23FN2O4. The number of benzene rings is 2. The Hall–Kier alpha value is -3.35. The summed E-state index contributed by atoms with van der Waals surface area (Å²) in [6.07, 6.45) is 1.24. The fraction of sp³-hybridized carbons (Fsp3) is 0.333. The summed E-state index contributed by atoms with van der Waals surface area (Å²) in [4.78, 5) is 31.3. The van der Waals surface area contributed by atoms with Crippen LogP contribution in [-0.4, -0.2) is 42.5 Å². The smallest absolute Gasteiger partial charge is 0.318 e. The summed E-state index contributed by atoms with van der Waals surface area (Å²) < 4.78 is 23.9. The second-order valence-corrected chi connectivity index (χ2v) is 8.12. The van der Waals surface area contributed by atoms with Crippen LogP contribution in [0.25, 0.3) is 10.9 Å². The number of ether oxygens (including phenoxy) is 2. The van der Waals surface area contributed by atoms with E-state index in [2.05, 4.69) is 4.98 Å².